The van der Waals surface area contributed by atoms with E-state index in [1.54, 1.807) is 0 Å². The lowest BCUT2D eigenvalue weighted by Gasteiger charge is -2.28. The van der Waals surface area contributed by atoms with Crippen LogP contribution < -0.4 is 4.90 Å². The summed E-state index contributed by atoms with van der Waals surface area (Å²) >= 11 is 0. The molecule has 1 atom stereocenters. The summed E-state index contributed by atoms with van der Waals surface area (Å²) in [7, 11) is 0. The number of allylic oxidation sites excluding steroid dienone is 1. The Bertz CT molecular complexity index is 2660. The van der Waals surface area contributed by atoms with Crippen molar-refractivity contribution in [1.29, 1.82) is 0 Å². The van der Waals surface area contributed by atoms with Gasteiger partial charge in [0.25, 0.3) is 0 Å². The van der Waals surface area contributed by atoms with Gasteiger partial charge in [-0.3, -0.25) is 0 Å². The fraction of sp³-hybridized carbons (Fsp3) is 0.115. The molecule has 8 aromatic rings. The van der Waals surface area contributed by atoms with Gasteiger partial charge in [-0.1, -0.05) is 141 Å². The van der Waals surface area contributed by atoms with Gasteiger partial charge in [-0.25, -0.2) is 0 Å². The van der Waals surface area contributed by atoms with Crippen molar-refractivity contribution in [2.75, 3.05) is 4.90 Å². The van der Waals surface area contributed by atoms with Crippen LogP contribution in [0.3, 0.4) is 0 Å². The zero-order valence-electron chi connectivity index (χ0n) is 30.8. The van der Waals surface area contributed by atoms with Gasteiger partial charge in [0.05, 0.1) is 5.52 Å². The first-order chi connectivity index (χ1) is 26.5. The summed E-state index contributed by atoms with van der Waals surface area (Å²) in [4.78, 5) is 2.42. The third kappa shape index (κ3) is 5.41. The summed E-state index contributed by atoms with van der Waals surface area (Å²) in [6.07, 6.45) is 6.82. The maximum absolute atomic E-state index is 2.43. The van der Waals surface area contributed by atoms with Crippen LogP contribution in [-0.4, -0.2) is 4.57 Å². The summed E-state index contributed by atoms with van der Waals surface area (Å²) in [5, 5.41) is 1.36. The fourth-order valence-corrected chi connectivity index (χ4v) is 9.07. The lowest BCUT2D eigenvalue weighted by Crippen LogP contribution is -2.16. The standard InChI is InChI=1S/C52H42N2/c1-52(2)48-19-11-9-17-44(48)45-31-30-43(35-49(45)52)53(42-28-24-39(25-29-42)38-13-5-3-6-14-38)41-26-21-36(22-27-41)33-37-23-32-51-47(34-37)46-18-10-12-20-50(46)54(51)40-15-7-4-8-16-40/h3-32,35,37H,33-34H2,1-2H3. The molecule has 0 aliphatic heterocycles. The Morgan fingerprint density at radius 2 is 1.19 bits per heavy atom. The number of para-hydroxylation sites is 2. The van der Waals surface area contributed by atoms with Crippen molar-refractivity contribution in [2.45, 2.75) is 32.1 Å². The molecular weight excluding hydrogens is 653 g/mol. The molecule has 260 valence electrons. The molecule has 0 fully saturated rings. The fourth-order valence-electron chi connectivity index (χ4n) is 9.07. The van der Waals surface area contributed by atoms with E-state index < -0.39 is 0 Å². The molecule has 0 spiro atoms. The Kier molecular flexibility index (Phi) is 7.73. The van der Waals surface area contributed by atoms with Crippen LogP contribution in [0, 0.1) is 5.92 Å². The van der Waals surface area contributed by atoms with Crippen molar-refractivity contribution in [1.82, 2.24) is 4.57 Å². The van der Waals surface area contributed by atoms with E-state index in [1.807, 2.05) is 0 Å². The highest BCUT2D eigenvalue weighted by Gasteiger charge is 2.35. The van der Waals surface area contributed by atoms with Gasteiger partial charge < -0.3 is 9.47 Å². The predicted octanol–water partition coefficient (Wildman–Crippen LogP) is 13.5. The summed E-state index contributed by atoms with van der Waals surface area (Å²) in [5.41, 5.74) is 17.9. The minimum absolute atomic E-state index is 0.0740. The maximum atomic E-state index is 2.43. The molecule has 7 aromatic carbocycles. The Labute approximate surface area is 318 Å². The van der Waals surface area contributed by atoms with E-state index in [4.69, 9.17) is 0 Å². The van der Waals surface area contributed by atoms with E-state index >= 15 is 0 Å². The van der Waals surface area contributed by atoms with Crippen LogP contribution in [0.1, 0.15) is 41.8 Å². The first-order valence-electron chi connectivity index (χ1n) is 19.2. The van der Waals surface area contributed by atoms with Gasteiger partial charge in [-0.2, -0.15) is 0 Å². The predicted molar refractivity (Wildman–Crippen MR) is 227 cm³/mol. The average Bonchev–Trinajstić information content (AvgIpc) is 3.67. The van der Waals surface area contributed by atoms with E-state index in [0.717, 1.165) is 24.2 Å². The second-order valence-electron chi connectivity index (χ2n) is 15.4. The van der Waals surface area contributed by atoms with Crippen LogP contribution in [0.15, 0.2) is 182 Å². The molecular formula is C52H42N2. The topological polar surface area (TPSA) is 8.17 Å². The normalized spacial score (nSPS) is 15.1. The molecule has 0 radical (unpaired) electrons. The number of hydrogen-bond acceptors (Lipinski definition) is 1. The molecule has 1 heterocycles. The molecule has 0 N–H and O–H groups in total. The van der Waals surface area contributed by atoms with Gasteiger partial charge in [0.15, 0.2) is 0 Å². The van der Waals surface area contributed by atoms with Crippen LogP contribution in [0.25, 0.3) is 44.9 Å². The second-order valence-corrected chi connectivity index (χ2v) is 15.4. The van der Waals surface area contributed by atoms with Gasteiger partial charge in [0, 0.05) is 39.2 Å². The summed E-state index contributed by atoms with van der Waals surface area (Å²) < 4.78 is 2.42. The van der Waals surface area contributed by atoms with Crippen LogP contribution in [0.5, 0.6) is 0 Å². The Morgan fingerprint density at radius 3 is 1.96 bits per heavy atom. The van der Waals surface area contributed by atoms with Crippen LogP contribution in [-0.2, 0) is 18.3 Å². The summed E-state index contributed by atoms with van der Waals surface area (Å²) in [5.74, 6) is 0.431. The third-order valence-corrected chi connectivity index (χ3v) is 11.8. The molecule has 2 nitrogen and oxygen atoms in total. The zero-order valence-corrected chi connectivity index (χ0v) is 30.8. The number of fused-ring (bicyclic) bond motifs is 6. The molecule has 0 saturated heterocycles. The molecule has 10 rings (SSSR count). The second kappa shape index (κ2) is 12.9. The van der Waals surface area contributed by atoms with E-state index in [-0.39, 0.29) is 5.41 Å². The van der Waals surface area contributed by atoms with E-state index in [9.17, 15) is 0 Å². The summed E-state index contributed by atoms with van der Waals surface area (Å²) in [6.45, 7) is 4.72. The number of nitrogens with zero attached hydrogens (tertiary/aromatic N) is 2. The van der Waals surface area contributed by atoms with Crippen molar-refractivity contribution in [3.05, 3.63) is 210 Å². The minimum atomic E-state index is -0.0740. The molecule has 0 saturated carbocycles. The van der Waals surface area contributed by atoms with Crippen LogP contribution >= 0.6 is 0 Å². The number of rotatable bonds is 7. The Morgan fingerprint density at radius 1 is 0.574 bits per heavy atom. The van der Waals surface area contributed by atoms with Gasteiger partial charge >= 0.3 is 0 Å². The first-order valence-corrected chi connectivity index (χ1v) is 19.2. The SMILES string of the molecule is CC1(C)c2ccccc2-c2ccc(N(c3ccc(CC4C=Cc5c(c6ccccc6n5-c5ccccc5)C4)cc3)c3ccc(-c4ccccc4)cc3)cc21. The highest BCUT2D eigenvalue weighted by Crippen LogP contribution is 2.50. The zero-order chi connectivity index (χ0) is 36.2. The lowest BCUT2D eigenvalue weighted by atomic mass is 9.82. The molecule has 2 aliphatic carbocycles. The van der Waals surface area contributed by atoms with E-state index in [1.165, 1.54) is 72.5 Å². The Balaban J connectivity index is 0.981. The smallest absolute Gasteiger partial charge is 0.0537 e. The van der Waals surface area contributed by atoms with E-state index in [0.29, 0.717) is 5.92 Å². The van der Waals surface area contributed by atoms with Crippen molar-refractivity contribution in [3.8, 4) is 27.9 Å². The molecule has 1 aromatic heterocycles. The third-order valence-electron chi connectivity index (χ3n) is 11.8. The molecule has 54 heavy (non-hydrogen) atoms. The van der Waals surface area contributed by atoms with Crippen molar-refractivity contribution in [2.24, 2.45) is 5.92 Å². The number of hydrogen-bond donors (Lipinski definition) is 0. The Hall–Kier alpha value is -6.38. The van der Waals surface area contributed by atoms with Gasteiger partial charge in [0.1, 0.15) is 0 Å². The van der Waals surface area contributed by atoms with Crippen LogP contribution in [0.2, 0.25) is 0 Å². The molecule has 2 heteroatoms. The monoisotopic (exact) mass is 694 g/mol. The number of aromatic nitrogens is 1. The number of benzene rings is 7. The molecule has 1 unspecified atom stereocenters. The summed E-state index contributed by atoms with van der Waals surface area (Å²) in [6, 6.07) is 64.5. The molecule has 2 aliphatic rings. The van der Waals surface area contributed by atoms with Crippen molar-refractivity contribution in [3.63, 3.8) is 0 Å². The van der Waals surface area contributed by atoms with Gasteiger partial charge in [-0.05, 0) is 124 Å². The highest BCUT2D eigenvalue weighted by molar-refractivity contribution is 5.91. The molecule has 0 bridgehead atoms. The van der Waals surface area contributed by atoms with Crippen molar-refractivity contribution < 1.29 is 0 Å². The quantitative estimate of drug-likeness (QED) is 0.161. The first kappa shape index (κ1) is 32.3. The van der Waals surface area contributed by atoms with Gasteiger partial charge in [-0.15, -0.1) is 0 Å². The largest absolute Gasteiger partial charge is 0.310 e. The highest BCUT2D eigenvalue weighted by atomic mass is 15.1. The minimum Gasteiger partial charge on any atom is -0.310 e. The molecule has 0 amide bonds. The number of anilines is 3. The van der Waals surface area contributed by atoms with Crippen molar-refractivity contribution >= 4 is 34.0 Å². The average molecular weight is 695 g/mol. The lowest BCUT2D eigenvalue weighted by molar-refractivity contribution is 0.640. The van der Waals surface area contributed by atoms with Crippen LogP contribution in [0.4, 0.5) is 17.1 Å². The van der Waals surface area contributed by atoms with Gasteiger partial charge in [0.2, 0.25) is 0 Å². The van der Waals surface area contributed by atoms with E-state index in [2.05, 4.69) is 211 Å². The maximum Gasteiger partial charge on any atom is 0.0537 e.